The standard InChI is InChI=1S/C12H15F2NO2/c13-10-2-1-9(12(14)5-10)6-15-7-11-8-16-3-4-17-11/h1-2,5,11,15H,3-4,6-8H2. The van der Waals surface area contributed by atoms with Gasteiger partial charge < -0.3 is 14.8 Å². The van der Waals surface area contributed by atoms with Gasteiger partial charge in [0, 0.05) is 24.7 Å². The third kappa shape index (κ3) is 3.73. The van der Waals surface area contributed by atoms with E-state index in [0.717, 1.165) is 6.07 Å². The third-order valence-corrected chi connectivity index (χ3v) is 2.59. The van der Waals surface area contributed by atoms with Gasteiger partial charge in [0.1, 0.15) is 11.6 Å². The van der Waals surface area contributed by atoms with E-state index in [1.807, 2.05) is 0 Å². The van der Waals surface area contributed by atoms with Crippen molar-refractivity contribution in [2.45, 2.75) is 12.6 Å². The second-order valence-electron chi connectivity index (χ2n) is 3.93. The molecule has 1 heterocycles. The van der Waals surface area contributed by atoms with Gasteiger partial charge in [0.05, 0.1) is 25.9 Å². The van der Waals surface area contributed by atoms with Gasteiger partial charge in [0.25, 0.3) is 0 Å². The van der Waals surface area contributed by atoms with E-state index < -0.39 is 11.6 Å². The summed E-state index contributed by atoms with van der Waals surface area (Å²) in [6.07, 6.45) is 0.00672. The van der Waals surface area contributed by atoms with Gasteiger partial charge >= 0.3 is 0 Å². The molecular formula is C12H15F2NO2. The van der Waals surface area contributed by atoms with E-state index in [-0.39, 0.29) is 6.10 Å². The van der Waals surface area contributed by atoms with E-state index in [2.05, 4.69) is 5.32 Å². The van der Waals surface area contributed by atoms with Crippen molar-refractivity contribution in [2.75, 3.05) is 26.4 Å². The van der Waals surface area contributed by atoms with Crippen LogP contribution in [0.5, 0.6) is 0 Å². The molecule has 0 amide bonds. The average molecular weight is 243 g/mol. The number of rotatable bonds is 4. The quantitative estimate of drug-likeness (QED) is 0.868. The largest absolute Gasteiger partial charge is 0.376 e. The molecule has 5 heteroatoms. The molecule has 1 aliphatic heterocycles. The number of benzene rings is 1. The van der Waals surface area contributed by atoms with Gasteiger partial charge in [-0.25, -0.2) is 8.78 Å². The van der Waals surface area contributed by atoms with Gasteiger partial charge in [-0.05, 0) is 6.07 Å². The van der Waals surface area contributed by atoms with Crippen molar-refractivity contribution in [2.24, 2.45) is 0 Å². The van der Waals surface area contributed by atoms with Crippen LogP contribution in [-0.4, -0.2) is 32.5 Å². The molecule has 17 heavy (non-hydrogen) atoms. The van der Waals surface area contributed by atoms with Crippen molar-refractivity contribution < 1.29 is 18.3 Å². The summed E-state index contributed by atoms with van der Waals surface area (Å²) in [7, 11) is 0. The van der Waals surface area contributed by atoms with Crippen LogP contribution in [0.25, 0.3) is 0 Å². The molecule has 1 N–H and O–H groups in total. The fourth-order valence-electron chi connectivity index (χ4n) is 1.69. The molecule has 1 atom stereocenters. The lowest BCUT2D eigenvalue weighted by Crippen LogP contribution is -2.37. The van der Waals surface area contributed by atoms with E-state index in [1.165, 1.54) is 12.1 Å². The first-order valence-electron chi connectivity index (χ1n) is 5.59. The summed E-state index contributed by atoms with van der Waals surface area (Å²) in [5.41, 5.74) is 0.447. The highest BCUT2D eigenvalue weighted by molar-refractivity contribution is 5.18. The minimum Gasteiger partial charge on any atom is -0.376 e. The van der Waals surface area contributed by atoms with E-state index in [1.54, 1.807) is 0 Å². The fraction of sp³-hybridized carbons (Fsp3) is 0.500. The van der Waals surface area contributed by atoms with Gasteiger partial charge in [-0.2, -0.15) is 0 Å². The maximum Gasteiger partial charge on any atom is 0.130 e. The van der Waals surface area contributed by atoms with Crippen molar-refractivity contribution in [1.82, 2.24) is 5.32 Å². The van der Waals surface area contributed by atoms with E-state index >= 15 is 0 Å². The summed E-state index contributed by atoms with van der Waals surface area (Å²) in [6, 6.07) is 3.58. The zero-order valence-electron chi connectivity index (χ0n) is 9.42. The van der Waals surface area contributed by atoms with Crippen LogP contribution in [0, 0.1) is 11.6 Å². The lowest BCUT2D eigenvalue weighted by Gasteiger charge is -2.23. The van der Waals surface area contributed by atoms with Gasteiger partial charge in [0.2, 0.25) is 0 Å². The molecule has 0 saturated carbocycles. The molecule has 1 aromatic carbocycles. The van der Waals surface area contributed by atoms with Crippen LogP contribution in [0.2, 0.25) is 0 Å². The molecule has 1 aliphatic rings. The predicted molar refractivity (Wildman–Crippen MR) is 58.6 cm³/mol. The molecule has 94 valence electrons. The summed E-state index contributed by atoms with van der Waals surface area (Å²) in [6.45, 7) is 2.72. The van der Waals surface area contributed by atoms with Crippen molar-refractivity contribution in [1.29, 1.82) is 0 Å². The van der Waals surface area contributed by atoms with E-state index in [4.69, 9.17) is 9.47 Å². The molecule has 1 fully saturated rings. The number of ether oxygens (including phenoxy) is 2. The molecule has 0 radical (unpaired) electrons. The van der Waals surface area contributed by atoms with Gasteiger partial charge in [0.15, 0.2) is 0 Å². The van der Waals surface area contributed by atoms with Crippen molar-refractivity contribution >= 4 is 0 Å². The number of hydrogen-bond acceptors (Lipinski definition) is 3. The van der Waals surface area contributed by atoms with Crippen LogP contribution in [-0.2, 0) is 16.0 Å². The van der Waals surface area contributed by atoms with Gasteiger partial charge in [-0.3, -0.25) is 0 Å². The Hall–Kier alpha value is -1.04. The van der Waals surface area contributed by atoms with Gasteiger partial charge in [-0.15, -0.1) is 0 Å². The first-order chi connectivity index (χ1) is 8.25. The summed E-state index contributed by atoms with van der Waals surface area (Å²) >= 11 is 0. The molecule has 0 aliphatic carbocycles. The number of hydrogen-bond donors (Lipinski definition) is 1. The Kier molecular flexibility index (Phi) is 4.42. The van der Waals surface area contributed by atoms with E-state index in [9.17, 15) is 8.78 Å². The molecule has 1 unspecified atom stereocenters. The average Bonchev–Trinajstić information content (AvgIpc) is 2.33. The Balaban J connectivity index is 1.77. The second-order valence-corrected chi connectivity index (χ2v) is 3.93. The molecule has 0 spiro atoms. The Bertz CT molecular complexity index is 368. The highest BCUT2D eigenvalue weighted by Gasteiger charge is 2.13. The van der Waals surface area contributed by atoms with Crippen molar-refractivity contribution in [3.05, 3.63) is 35.4 Å². The zero-order chi connectivity index (χ0) is 12.1. The SMILES string of the molecule is Fc1ccc(CNCC2COCCO2)c(F)c1. The topological polar surface area (TPSA) is 30.5 Å². The highest BCUT2D eigenvalue weighted by atomic mass is 19.1. The van der Waals surface area contributed by atoms with Crippen LogP contribution < -0.4 is 5.32 Å². The third-order valence-electron chi connectivity index (χ3n) is 2.59. The maximum absolute atomic E-state index is 13.3. The summed E-state index contributed by atoms with van der Waals surface area (Å²) in [5.74, 6) is -1.09. The van der Waals surface area contributed by atoms with Crippen LogP contribution in [0.3, 0.4) is 0 Å². The molecule has 0 bridgehead atoms. The minimum absolute atomic E-state index is 0.00672. The lowest BCUT2D eigenvalue weighted by atomic mass is 10.2. The smallest absolute Gasteiger partial charge is 0.130 e. The zero-order valence-corrected chi connectivity index (χ0v) is 9.42. The van der Waals surface area contributed by atoms with Crippen molar-refractivity contribution in [3.8, 4) is 0 Å². The summed E-state index contributed by atoms with van der Waals surface area (Å²) < 4.78 is 36.6. The van der Waals surface area contributed by atoms with Crippen molar-refractivity contribution in [3.63, 3.8) is 0 Å². The maximum atomic E-state index is 13.3. The fourth-order valence-corrected chi connectivity index (χ4v) is 1.69. The Morgan fingerprint density at radius 2 is 2.18 bits per heavy atom. The first kappa shape index (κ1) is 12.4. The molecule has 1 saturated heterocycles. The van der Waals surface area contributed by atoms with E-state index in [0.29, 0.717) is 38.5 Å². The molecule has 1 aromatic rings. The Morgan fingerprint density at radius 3 is 2.88 bits per heavy atom. The second kappa shape index (κ2) is 6.05. The first-order valence-corrected chi connectivity index (χ1v) is 5.59. The normalized spacial score (nSPS) is 20.5. The Labute approximate surface area is 98.7 Å². The van der Waals surface area contributed by atoms with Gasteiger partial charge in [-0.1, -0.05) is 6.07 Å². The number of nitrogens with one attached hydrogen (secondary N) is 1. The van der Waals surface area contributed by atoms with Crippen LogP contribution in [0.1, 0.15) is 5.56 Å². The van der Waals surface area contributed by atoms with Crippen LogP contribution >= 0.6 is 0 Å². The predicted octanol–water partition coefficient (Wildman–Crippen LogP) is 1.47. The molecule has 3 nitrogen and oxygen atoms in total. The monoisotopic (exact) mass is 243 g/mol. The summed E-state index contributed by atoms with van der Waals surface area (Å²) in [5, 5.41) is 3.06. The Morgan fingerprint density at radius 1 is 1.29 bits per heavy atom. The minimum atomic E-state index is -0.560. The highest BCUT2D eigenvalue weighted by Crippen LogP contribution is 2.09. The lowest BCUT2D eigenvalue weighted by molar-refractivity contribution is -0.0864. The molecule has 2 rings (SSSR count). The number of halogens is 2. The molecular weight excluding hydrogens is 228 g/mol. The van der Waals surface area contributed by atoms with Crippen LogP contribution in [0.15, 0.2) is 18.2 Å². The van der Waals surface area contributed by atoms with Crippen LogP contribution in [0.4, 0.5) is 8.78 Å². The summed E-state index contributed by atoms with van der Waals surface area (Å²) in [4.78, 5) is 0. The molecule has 0 aromatic heterocycles.